The highest BCUT2D eigenvalue weighted by atomic mass is 16.5. The van der Waals surface area contributed by atoms with Crippen LogP contribution in [0.15, 0.2) is 0 Å². The van der Waals surface area contributed by atoms with Crippen LogP contribution >= 0.6 is 0 Å². The summed E-state index contributed by atoms with van der Waals surface area (Å²) >= 11 is 0. The van der Waals surface area contributed by atoms with Crippen LogP contribution in [0.25, 0.3) is 0 Å². The highest BCUT2D eigenvalue weighted by molar-refractivity contribution is 5.16. The van der Waals surface area contributed by atoms with E-state index in [9.17, 15) is 5.11 Å². The van der Waals surface area contributed by atoms with Crippen molar-refractivity contribution in [2.75, 3.05) is 26.4 Å². The standard InChI is InChI=1S/C16H29NO3/c1-10(2)20-6-5-19-9-13(18)8-17-16-14-11-3-4-12(7-11)15(14)16/h10-18H,3-9H2,1-2H3. The Balaban J connectivity index is 1.23. The van der Waals surface area contributed by atoms with E-state index in [1.54, 1.807) is 0 Å². The molecule has 2 N–H and O–H groups in total. The predicted molar refractivity (Wildman–Crippen MR) is 77.5 cm³/mol. The summed E-state index contributed by atoms with van der Waals surface area (Å²) in [6.07, 6.45) is 4.23. The second-order valence-corrected chi connectivity index (χ2v) is 7.07. The van der Waals surface area contributed by atoms with Gasteiger partial charge in [0.2, 0.25) is 0 Å². The van der Waals surface area contributed by atoms with Gasteiger partial charge in [0.05, 0.1) is 32.0 Å². The lowest BCUT2D eigenvalue weighted by atomic mass is 10.0. The minimum atomic E-state index is -0.395. The van der Waals surface area contributed by atoms with Gasteiger partial charge < -0.3 is 19.9 Å². The number of hydrogen-bond acceptors (Lipinski definition) is 4. The molecular weight excluding hydrogens is 254 g/mol. The molecule has 3 saturated carbocycles. The van der Waals surface area contributed by atoms with E-state index in [1.165, 1.54) is 19.3 Å². The van der Waals surface area contributed by atoms with E-state index in [0.29, 0.717) is 32.4 Å². The number of aliphatic hydroxyl groups excluding tert-OH is 1. The van der Waals surface area contributed by atoms with Gasteiger partial charge in [0.1, 0.15) is 0 Å². The number of aliphatic hydroxyl groups is 1. The Kier molecular flexibility index (Phi) is 4.65. The van der Waals surface area contributed by atoms with Crippen LogP contribution in [0.2, 0.25) is 0 Å². The van der Waals surface area contributed by atoms with Crippen molar-refractivity contribution in [2.24, 2.45) is 23.7 Å². The van der Waals surface area contributed by atoms with Crippen molar-refractivity contribution in [1.29, 1.82) is 0 Å². The zero-order valence-electron chi connectivity index (χ0n) is 12.8. The van der Waals surface area contributed by atoms with Gasteiger partial charge in [0, 0.05) is 12.6 Å². The Bertz CT molecular complexity index is 307. The fraction of sp³-hybridized carbons (Fsp3) is 1.00. The smallest absolute Gasteiger partial charge is 0.0897 e. The van der Waals surface area contributed by atoms with Crippen molar-refractivity contribution >= 4 is 0 Å². The maximum Gasteiger partial charge on any atom is 0.0897 e. The Labute approximate surface area is 122 Å². The SMILES string of the molecule is CC(C)OCCOCC(O)CNC1C2C3CCC(C3)C12. The molecule has 2 bridgehead atoms. The minimum Gasteiger partial charge on any atom is -0.389 e. The van der Waals surface area contributed by atoms with Gasteiger partial charge in [-0.1, -0.05) is 0 Å². The Morgan fingerprint density at radius 3 is 2.50 bits per heavy atom. The first kappa shape index (κ1) is 14.8. The molecule has 5 atom stereocenters. The van der Waals surface area contributed by atoms with Crippen molar-refractivity contribution in [3.05, 3.63) is 0 Å². The average Bonchev–Trinajstić information content (AvgIpc) is 2.78. The van der Waals surface area contributed by atoms with E-state index in [4.69, 9.17) is 9.47 Å². The third-order valence-electron chi connectivity index (χ3n) is 5.31. The van der Waals surface area contributed by atoms with Crippen molar-refractivity contribution < 1.29 is 14.6 Å². The van der Waals surface area contributed by atoms with E-state index in [-0.39, 0.29) is 6.10 Å². The largest absolute Gasteiger partial charge is 0.389 e. The number of ether oxygens (including phenoxy) is 2. The molecule has 5 unspecified atom stereocenters. The average molecular weight is 283 g/mol. The fourth-order valence-corrected chi connectivity index (χ4v) is 4.49. The van der Waals surface area contributed by atoms with Crippen molar-refractivity contribution in [3.63, 3.8) is 0 Å². The lowest BCUT2D eigenvalue weighted by molar-refractivity contribution is -0.0102. The van der Waals surface area contributed by atoms with Gasteiger partial charge in [-0.05, 0) is 56.8 Å². The molecule has 3 fully saturated rings. The number of rotatable bonds is 9. The molecule has 20 heavy (non-hydrogen) atoms. The van der Waals surface area contributed by atoms with Crippen LogP contribution in [0.4, 0.5) is 0 Å². The normalized spacial score (nSPS) is 39.3. The van der Waals surface area contributed by atoms with Crippen molar-refractivity contribution in [2.45, 2.75) is 51.4 Å². The van der Waals surface area contributed by atoms with Crippen LogP contribution < -0.4 is 5.32 Å². The van der Waals surface area contributed by atoms with Gasteiger partial charge in [-0.15, -0.1) is 0 Å². The van der Waals surface area contributed by atoms with Crippen LogP contribution in [0.1, 0.15) is 33.1 Å². The van der Waals surface area contributed by atoms with Gasteiger partial charge in [-0.2, -0.15) is 0 Å². The zero-order chi connectivity index (χ0) is 14.1. The summed E-state index contributed by atoms with van der Waals surface area (Å²) < 4.78 is 10.8. The van der Waals surface area contributed by atoms with Gasteiger partial charge in [-0.3, -0.25) is 0 Å². The third-order valence-corrected chi connectivity index (χ3v) is 5.31. The maximum absolute atomic E-state index is 9.92. The summed E-state index contributed by atoms with van der Waals surface area (Å²) in [6.45, 7) is 6.27. The fourth-order valence-electron chi connectivity index (χ4n) is 4.49. The topological polar surface area (TPSA) is 50.7 Å². The van der Waals surface area contributed by atoms with Crippen LogP contribution in [-0.4, -0.2) is 49.7 Å². The molecule has 0 radical (unpaired) electrons. The maximum atomic E-state index is 9.92. The first-order chi connectivity index (χ1) is 9.66. The molecule has 0 aromatic heterocycles. The van der Waals surface area contributed by atoms with Crippen LogP contribution in [-0.2, 0) is 9.47 Å². The molecule has 4 heteroatoms. The second kappa shape index (κ2) is 6.30. The molecular formula is C16H29NO3. The molecule has 116 valence electrons. The highest BCUT2D eigenvalue weighted by Gasteiger charge is 2.64. The monoisotopic (exact) mass is 283 g/mol. The summed E-state index contributed by atoms with van der Waals surface area (Å²) in [5, 5.41) is 13.5. The molecule has 0 spiro atoms. The van der Waals surface area contributed by atoms with E-state index in [2.05, 4.69) is 5.32 Å². The van der Waals surface area contributed by atoms with E-state index in [1.807, 2.05) is 13.8 Å². The molecule has 3 aliphatic carbocycles. The quantitative estimate of drug-likeness (QED) is 0.629. The lowest BCUT2D eigenvalue weighted by Gasteiger charge is -2.15. The molecule has 0 saturated heterocycles. The molecule has 0 aromatic carbocycles. The Morgan fingerprint density at radius 1 is 1.15 bits per heavy atom. The molecule has 3 aliphatic rings. The second-order valence-electron chi connectivity index (χ2n) is 7.07. The van der Waals surface area contributed by atoms with Crippen LogP contribution in [0, 0.1) is 23.7 Å². The van der Waals surface area contributed by atoms with E-state index in [0.717, 1.165) is 23.7 Å². The highest BCUT2D eigenvalue weighted by Crippen LogP contribution is 2.65. The summed E-state index contributed by atoms with van der Waals surface area (Å²) in [7, 11) is 0. The molecule has 0 aliphatic heterocycles. The molecule has 0 heterocycles. The summed E-state index contributed by atoms with van der Waals surface area (Å²) in [4.78, 5) is 0. The van der Waals surface area contributed by atoms with Crippen molar-refractivity contribution in [1.82, 2.24) is 5.32 Å². The lowest BCUT2D eigenvalue weighted by Crippen LogP contribution is -2.34. The molecule has 0 amide bonds. The molecule has 4 nitrogen and oxygen atoms in total. The number of hydrogen-bond donors (Lipinski definition) is 2. The minimum absolute atomic E-state index is 0.245. The van der Waals surface area contributed by atoms with Gasteiger partial charge in [0.15, 0.2) is 0 Å². The Hall–Kier alpha value is -0.160. The van der Waals surface area contributed by atoms with E-state index >= 15 is 0 Å². The van der Waals surface area contributed by atoms with Gasteiger partial charge >= 0.3 is 0 Å². The number of nitrogens with one attached hydrogen (secondary N) is 1. The molecule has 0 aromatic rings. The summed E-state index contributed by atoms with van der Waals surface area (Å²) in [5.41, 5.74) is 0. The first-order valence-corrected chi connectivity index (χ1v) is 8.27. The summed E-state index contributed by atoms with van der Waals surface area (Å²) in [5.74, 6) is 3.84. The van der Waals surface area contributed by atoms with Gasteiger partial charge in [-0.25, -0.2) is 0 Å². The summed E-state index contributed by atoms with van der Waals surface area (Å²) in [6, 6.07) is 0.695. The third kappa shape index (κ3) is 3.19. The Morgan fingerprint density at radius 2 is 1.85 bits per heavy atom. The van der Waals surface area contributed by atoms with Crippen LogP contribution in [0.5, 0.6) is 0 Å². The van der Waals surface area contributed by atoms with Crippen molar-refractivity contribution in [3.8, 4) is 0 Å². The first-order valence-electron chi connectivity index (χ1n) is 8.27. The van der Waals surface area contributed by atoms with Crippen LogP contribution in [0.3, 0.4) is 0 Å². The number of fused-ring (bicyclic) bond motifs is 5. The van der Waals surface area contributed by atoms with E-state index < -0.39 is 6.10 Å². The molecule has 3 rings (SSSR count). The zero-order valence-corrected chi connectivity index (χ0v) is 12.8. The van der Waals surface area contributed by atoms with Gasteiger partial charge in [0.25, 0.3) is 0 Å². The predicted octanol–water partition coefficient (Wildman–Crippen LogP) is 1.42.